The number of anilines is 1. The second kappa shape index (κ2) is 8.18. The maximum Gasteiger partial charge on any atom is 0.256 e. The van der Waals surface area contributed by atoms with Crippen LogP contribution >= 0.6 is 0 Å². The molecule has 2 fully saturated rings. The molecule has 33 heavy (non-hydrogen) atoms. The number of hydrogen-bond donors (Lipinski definition) is 2. The van der Waals surface area contributed by atoms with E-state index >= 15 is 0 Å². The van der Waals surface area contributed by atoms with E-state index in [9.17, 15) is 9.59 Å². The summed E-state index contributed by atoms with van der Waals surface area (Å²) in [6.45, 7) is 5.89. The molecule has 1 aromatic carbocycles. The SMILES string of the molecule is CCNC(=O)[C@H]1O[C@@H](n2cnc3c(NC(=O)c4ccccc4)ncnc32)[C@@H]2OC(C)(C)O[C@@H]21. The minimum Gasteiger partial charge on any atom is -0.354 e. The molecular formula is C22H24N6O5. The van der Waals surface area contributed by atoms with Gasteiger partial charge in [-0.25, -0.2) is 15.0 Å². The first-order valence-electron chi connectivity index (χ1n) is 10.7. The number of amides is 2. The van der Waals surface area contributed by atoms with E-state index in [2.05, 4.69) is 25.6 Å². The van der Waals surface area contributed by atoms with Crippen molar-refractivity contribution >= 4 is 28.8 Å². The Morgan fingerprint density at radius 2 is 1.85 bits per heavy atom. The Labute approximate surface area is 189 Å². The number of nitrogens with zero attached hydrogens (tertiary/aromatic N) is 4. The van der Waals surface area contributed by atoms with Crippen molar-refractivity contribution in [1.82, 2.24) is 24.8 Å². The number of nitrogens with one attached hydrogen (secondary N) is 2. The van der Waals surface area contributed by atoms with Gasteiger partial charge < -0.3 is 24.8 Å². The Morgan fingerprint density at radius 3 is 2.61 bits per heavy atom. The third kappa shape index (κ3) is 3.84. The van der Waals surface area contributed by atoms with E-state index in [1.807, 2.05) is 13.0 Å². The number of benzene rings is 1. The lowest BCUT2D eigenvalue weighted by molar-refractivity contribution is -0.197. The van der Waals surface area contributed by atoms with E-state index in [1.54, 1.807) is 42.7 Å². The van der Waals surface area contributed by atoms with Crippen molar-refractivity contribution in [1.29, 1.82) is 0 Å². The largest absolute Gasteiger partial charge is 0.354 e. The third-order valence-corrected chi connectivity index (χ3v) is 5.54. The lowest BCUT2D eigenvalue weighted by Crippen LogP contribution is -2.42. The molecule has 11 heteroatoms. The van der Waals surface area contributed by atoms with Crippen LogP contribution in [0.4, 0.5) is 5.82 Å². The van der Waals surface area contributed by atoms with E-state index in [0.29, 0.717) is 23.3 Å². The van der Waals surface area contributed by atoms with Crippen molar-refractivity contribution in [3.05, 3.63) is 48.5 Å². The molecule has 3 aromatic rings. The Hall–Kier alpha value is -3.41. The molecule has 172 valence electrons. The molecule has 2 aliphatic rings. The van der Waals surface area contributed by atoms with Crippen molar-refractivity contribution in [3.63, 3.8) is 0 Å². The predicted molar refractivity (Wildman–Crippen MR) is 116 cm³/mol. The third-order valence-electron chi connectivity index (χ3n) is 5.54. The summed E-state index contributed by atoms with van der Waals surface area (Å²) in [7, 11) is 0. The van der Waals surface area contributed by atoms with Gasteiger partial charge in [0.25, 0.3) is 11.8 Å². The highest BCUT2D eigenvalue weighted by atomic mass is 16.8. The van der Waals surface area contributed by atoms with Gasteiger partial charge in [-0.1, -0.05) is 18.2 Å². The maximum absolute atomic E-state index is 12.6. The zero-order chi connectivity index (χ0) is 23.2. The van der Waals surface area contributed by atoms with Crippen LogP contribution in [0.5, 0.6) is 0 Å². The van der Waals surface area contributed by atoms with Gasteiger partial charge in [0, 0.05) is 12.1 Å². The summed E-state index contributed by atoms with van der Waals surface area (Å²) >= 11 is 0. The fraction of sp³-hybridized carbons (Fsp3) is 0.409. The van der Waals surface area contributed by atoms with Crippen LogP contribution in [0, 0.1) is 0 Å². The van der Waals surface area contributed by atoms with Crippen molar-refractivity contribution in [3.8, 4) is 0 Å². The standard InChI is InChI=1S/C22H24N6O5/c1-4-23-20(30)15-14-16(33-22(2,3)32-14)21(31-15)28-11-26-13-17(24-10-25-18(13)28)27-19(29)12-8-6-5-7-9-12/h5-11,14-16,21H,4H2,1-3H3,(H,23,30)(H,24,25,27,29)/t14-,15+,16-,21-/m1/s1. The molecule has 0 unspecified atom stereocenters. The van der Waals surface area contributed by atoms with Gasteiger partial charge in [-0.05, 0) is 32.9 Å². The highest BCUT2D eigenvalue weighted by Gasteiger charge is 2.58. The molecule has 5 rings (SSSR count). The molecule has 4 heterocycles. The smallest absolute Gasteiger partial charge is 0.256 e. The van der Waals surface area contributed by atoms with Gasteiger partial charge in [0.2, 0.25) is 0 Å². The molecule has 2 amide bonds. The zero-order valence-electron chi connectivity index (χ0n) is 18.4. The van der Waals surface area contributed by atoms with E-state index in [-0.39, 0.29) is 17.6 Å². The van der Waals surface area contributed by atoms with E-state index in [1.165, 1.54) is 12.7 Å². The van der Waals surface area contributed by atoms with Crippen LogP contribution in [0.2, 0.25) is 0 Å². The van der Waals surface area contributed by atoms with Crippen LogP contribution in [-0.2, 0) is 19.0 Å². The van der Waals surface area contributed by atoms with E-state index in [0.717, 1.165) is 0 Å². The van der Waals surface area contributed by atoms with E-state index < -0.39 is 30.3 Å². The summed E-state index contributed by atoms with van der Waals surface area (Å²) in [5.74, 6) is -1.19. The fourth-order valence-corrected chi connectivity index (χ4v) is 4.19. The van der Waals surface area contributed by atoms with Crippen LogP contribution < -0.4 is 10.6 Å². The zero-order valence-corrected chi connectivity index (χ0v) is 18.4. The molecular weight excluding hydrogens is 428 g/mol. The second-order valence-electron chi connectivity index (χ2n) is 8.27. The van der Waals surface area contributed by atoms with Crippen molar-refractivity contribution in [2.75, 3.05) is 11.9 Å². The highest BCUT2D eigenvalue weighted by molar-refractivity contribution is 6.06. The summed E-state index contributed by atoms with van der Waals surface area (Å²) in [6.07, 6.45) is 0.175. The first-order chi connectivity index (χ1) is 15.9. The molecule has 2 aliphatic heterocycles. The van der Waals surface area contributed by atoms with Crippen molar-refractivity contribution in [2.24, 2.45) is 0 Å². The topological polar surface area (TPSA) is 129 Å². The summed E-state index contributed by atoms with van der Waals surface area (Å²) in [6, 6.07) is 8.81. The first-order valence-corrected chi connectivity index (χ1v) is 10.7. The average molecular weight is 452 g/mol. The minimum atomic E-state index is -0.873. The average Bonchev–Trinajstić information content (AvgIpc) is 3.45. The van der Waals surface area contributed by atoms with E-state index in [4.69, 9.17) is 14.2 Å². The number of carbonyl (C=O) groups excluding carboxylic acids is 2. The van der Waals surface area contributed by atoms with Gasteiger partial charge in [-0.15, -0.1) is 0 Å². The summed E-state index contributed by atoms with van der Waals surface area (Å²) < 4.78 is 19.8. The summed E-state index contributed by atoms with van der Waals surface area (Å²) in [4.78, 5) is 38.2. The van der Waals surface area contributed by atoms with Gasteiger partial charge in [0.1, 0.15) is 18.5 Å². The lowest BCUT2D eigenvalue weighted by Gasteiger charge is -2.24. The second-order valence-corrected chi connectivity index (χ2v) is 8.27. The molecule has 0 spiro atoms. The number of imidazole rings is 1. The molecule has 11 nitrogen and oxygen atoms in total. The number of ether oxygens (including phenoxy) is 3. The van der Waals surface area contributed by atoms with Gasteiger partial charge in [0.05, 0.1) is 6.33 Å². The van der Waals surface area contributed by atoms with Crippen LogP contribution in [0.1, 0.15) is 37.4 Å². The van der Waals surface area contributed by atoms with Gasteiger partial charge in [-0.3, -0.25) is 14.2 Å². The Morgan fingerprint density at radius 1 is 1.09 bits per heavy atom. The molecule has 2 aromatic heterocycles. The molecule has 0 saturated carbocycles. The van der Waals surface area contributed by atoms with Crippen LogP contribution in [0.3, 0.4) is 0 Å². The molecule has 2 N–H and O–H groups in total. The molecule has 0 aliphatic carbocycles. The Bertz CT molecular complexity index is 1200. The Kier molecular flexibility index (Phi) is 5.31. The summed E-state index contributed by atoms with van der Waals surface area (Å²) in [5.41, 5.74) is 1.32. The minimum absolute atomic E-state index is 0.270. The van der Waals surface area contributed by atoms with Crippen molar-refractivity contribution < 1.29 is 23.8 Å². The fourth-order valence-electron chi connectivity index (χ4n) is 4.19. The van der Waals surface area contributed by atoms with Crippen molar-refractivity contribution in [2.45, 2.75) is 51.1 Å². The number of aromatic nitrogens is 4. The van der Waals surface area contributed by atoms with Crippen LogP contribution in [0.15, 0.2) is 43.0 Å². The summed E-state index contributed by atoms with van der Waals surface area (Å²) in [5, 5.41) is 5.56. The van der Waals surface area contributed by atoms with Gasteiger partial charge in [-0.2, -0.15) is 0 Å². The first kappa shape index (κ1) is 21.4. The number of rotatable bonds is 5. The predicted octanol–water partition coefficient (Wildman–Crippen LogP) is 1.63. The lowest BCUT2D eigenvalue weighted by atomic mass is 10.1. The molecule has 0 bridgehead atoms. The van der Waals surface area contributed by atoms with Gasteiger partial charge >= 0.3 is 0 Å². The highest BCUT2D eigenvalue weighted by Crippen LogP contribution is 2.44. The number of likely N-dealkylation sites (N-methyl/N-ethyl adjacent to an activating group) is 1. The number of hydrogen-bond acceptors (Lipinski definition) is 8. The quantitative estimate of drug-likeness (QED) is 0.598. The maximum atomic E-state index is 12.6. The molecule has 2 saturated heterocycles. The number of carbonyl (C=O) groups is 2. The monoisotopic (exact) mass is 452 g/mol. The molecule has 4 atom stereocenters. The van der Waals surface area contributed by atoms with Crippen LogP contribution in [-0.4, -0.2) is 62.0 Å². The Balaban J connectivity index is 1.47. The molecule has 0 radical (unpaired) electrons. The van der Waals surface area contributed by atoms with Crippen LogP contribution in [0.25, 0.3) is 11.2 Å². The van der Waals surface area contributed by atoms with Gasteiger partial charge in [0.15, 0.2) is 35.1 Å². The normalized spacial score (nSPS) is 25.7. The number of fused-ring (bicyclic) bond motifs is 2.